The van der Waals surface area contributed by atoms with Gasteiger partial charge in [0.2, 0.25) is 0 Å². The molecule has 0 saturated carbocycles. The minimum absolute atomic E-state index is 0.0389. The molecule has 0 aliphatic heterocycles. The number of carbonyl (C=O) groups excluding carboxylic acids is 1. The highest BCUT2D eigenvalue weighted by atomic mass is 35.5. The summed E-state index contributed by atoms with van der Waals surface area (Å²) in [7, 11) is 0. The molecule has 1 aromatic rings. The SMILES string of the molecule is CC(O)CNC(=O)c1ccc(Cl)c(C(F)(F)F)c1. The van der Waals surface area contributed by atoms with Gasteiger partial charge in [-0.3, -0.25) is 4.79 Å². The summed E-state index contributed by atoms with van der Waals surface area (Å²) in [6, 6.07) is 2.89. The van der Waals surface area contributed by atoms with Gasteiger partial charge in [-0.1, -0.05) is 11.6 Å². The second-order valence-corrected chi connectivity index (χ2v) is 4.16. The predicted octanol–water partition coefficient (Wildman–Crippen LogP) is 2.47. The monoisotopic (exact) mass is 281 g/mol. The van der Waals surface area contributed by atoms with Gasteiger partial charge in [0.15, 0.2) is 0 Å². The fraction of sp³-hybridized carbons (Fsp3) is 0.364. The predicted molar refractivity (Wildman–Crippen MR) is 60.5 cm³/mol. The van der Waals surface area contributed by atoms with E-state index >= 15 is 0 Å². The van der Waals surface area contributed by atoms with Crippen LogP contribution in [0.25, 0.3) is 0 Å². The van der Waals surface area contributed by atoms with Crippen LogP contribution < -0.4 is 5.32 Å². The molecule has 1 amide bonds. The van der Waals surface area contributed by atoms with Gasteiger partial charge >= 0.3 is 6.18 Å². The fourth-order valence-electron chi connectivity index (χ4n) is 1.23. The van der Waals surface area contributed by atoms with Crippen LogP contribution in [-0.2, 0) is 6.18 Å². The molecule has 0 aromatic heterocycles. The van der Waals surface area contributed by atoms with E-state index in [9.17, 15) is 18.0 Å². The maximum absolute atomic E-state index is 12.6. The van der Waals surface area contributed by atoms with Crippen LogP contribution in [-0.4, -0.2) is 23.7 Å². The first-order valence-corrected chi connectivity index (χ1v) is 5.42. The van der Waals surface area contributed by atoms with Crippen molar-refractivity contribution in [1.82, 2.24) is 5.32 Å². The van der Waals surface area contributed by atoms with Gasteiger partial charge in [-0.2, -0.15) is 13.2 Å². The van der Waals surface area contributed by atoms with Crippen molar-refractivity contribution in [2.45, 2.75) is 19.2 Å². The lowest BCUT2D eigenvalue weighted by Crippen LogP contribution is -2.30. The van der Waals surface area contributed by atoms with E-state index < -0.39 is 28.8 Å². The molecule has 1 aromatic carbocycles. The van der Waals surface area contributed by atoms with Gasteiger partial charge in [0, 0.05) is 12.1 Å². The summed E-state index contributed by atoms with van der Waals surface area (Å²) in [6.07, 6.45) is -5.39. The Morgan fingerprint density at radius 2 is 2.11 bits per heavy atom. The molecule has 0 bridgehead atoms. The van der Waals surface area contributed by atoms with Crippen molar-refractivity contribution in [2.75, 3.05) is 6.54 Å². The zero-order chi connectivity index (χ0) is 13.9. The average Bonchev–Trinajstić information content (AvgIpc) is 2.24. The number of halogens is 4. The molecule has 1 rings (SSSR count). The third-order valence-corrected chi connectivity index (χ3v) is 2.42. The van der Waals surface area contributed by atoms with Crippen molar-refractivity contribution in [2.24, 2.45) is 0 Å². The molecule has 1 unspecified atom stereocenters. The highest BCUT2D eigenvalue weighted by Crippen LogP contribution is 2.35. The Bertz CT molecular complexity index is 446. The number of aliphatic hydroxyl groups is 1. The highest BCUT2D eigenvalue weighted by Gasteiger charge is 2.33. The standard InChI is InChI=1S/C11H11ClF3NO2/c1-6(17)5-16-10(18)7-2-3-9(12)8(4-7)11(13,14)15/h2-4,6,17H,5H2,1H3,(H,16,18). The van der Waals surface area contributed by atoms with Gasteiger partial charge in [0.1, 0.15) is 0 Å². The number of nitrogens with one attached hydrogen (secondary N) is 1. The van der Waals surface area contributed by atoms with Crippen molar-refractivity contribution < 1.29 is 23.1 Å². The zero-order valence-electron chi connectivity index (χ0n) is 9.38. The molecule has 7 heteroatoms. The first kappa shape index (κ1) is 14.8. The van der Waals surface area contributed by atoms with Crippen LogP contribution in [0.5, 0.6) is 0 Å². The Kier molecular flexibility index (Phi) is 4.59. The Labute approximate surface area is 107 Å². The Morgan fingerprint density at radius 1 is 1.50 bits per heavy atom. The summed E-state index contributed by atoms with van der Waals surface area (Å²) in [5.41, 5.74) is -1.22. The molecular weight excluding hydrogens is 271 g/mol. The first-order chi connectivity index (χ1) is 8.21. The minimum Gasteiger partial charge on any atom is -0.392 e. The number of aliphatic hydroxyl groups excluding tert-OH is 1. The van der Waals surface area contributed by atoms with Crippen molar-refractivity contribution in [3.8, 4) is 0 Å². The molecule has 100 valence electrons. The molecule has 0 aliphatic rings. The summed E-state index contributed by atoms with van der Waals surface area (Å²) in [6.45, 7) is 1.41. The van der Waals surface area contributed by atoms with Gasteiger partial charge < -0.3 is 10.4 Å². The third kappa shape index (κ3) is 3.89. The maximum atomic E-state index is 12.6. The number of hydrogen-bond acceptors (Lipinski definition) is 2. The van der Waals surface area contributed by atoms with E-state index in [1.165, 1.54) is 13.0 Å². The molecule has 3 nitrogen and oxygen atoms in total. The molecule has 18 heavy (non-hydrogen) atoms. The summed E-state index contributed by atoms with van der Waals surface area (Å²) in [5.74, 6) is -0.696. The second-order valence-electron chi connectivity index (χ2n) is 3.75. The van der Waals surface area contributed by atoms with Crippen LogP contribution in [0, 0.1) is 0 Å². The summed E-state index contributed by atoms with van der Waals surface area (Å²) < 4.78 is 37.7. The first-order valence-electron chi connectivity index (χ1n) is 5.05. The number of alkyl halides is 3. The maximum Gasteiger partial charge on any atom is 0.417 e. The van der Waals surface area contributed by atoms with Crippen LogP contribution in [0.3, 0.4) is 0 Å². The van der Waals surface area contributed by atoms with Gasteiger partial charge in [-0.05, 0) is 25.1 Å². The Balaban J connectivity index is 2.95. The third-order valence-electron chi connectivity index (χ3n) is 2.09. The van der Waals surface area contributed by atoms with Gasteiger partial charge in [0.25, 0.3) is 5.91 Å². The van der Waals surface area contributed by atoms with E-state index in [0.29, 0.717) is 6.07 Å². The molecule has 0 spiro atoms. The largest absolute Gasteiger partial charge is 0.417 e. The number of amides is 1. The van der Waals surface area contributed by atoms with Crippen molar-refractivity contribution in [3.63, 3.8) is 0 Å². The summed E-state index contributed by atoms with van der Waals surface area (Å²) >= 11 is 5.42. The zero-order valence-corrected chi connectivity index (χ0v) is 10.1. The van der Waals surface area contributed by atoms with Crippen LogP contribution in [0.4, 0.5) is 13.2 Å². The lowest BCUT2D eigenvalue weighted by atomic mass is 10.1. The molecular formula is C11H11ClF3NO2. The second kappa shape index (κ2) is 5.58. The van der Waals surface area contributed by atoms with Crippen molar-refractivity contribution in [3.05, 3.63) is 34.3 Å². The molecule has 1 atom stereocenters. The lowest BCUT2D eigenvalue weighted by molar-refractivity contribution is -0.137. The number of carbonyl (C=O) groups is 1. The topological polar surface area (TPSA) is 49.3 Å². The molecule has 0 saturated heterocycles. The van der Waals surface area contributed by atoms with Crippen molar-refractivity contribution in [1.29, 1.82) is 0 Å². The fourth-order valence-corrected chi connectivity index (χ4v) is 1.45. The molecule has 0 radical (unpaired) electrons. The van der Waals surface area contributed by atoms with Crippen LogP contribution >= 0.6 is 11.6 Å². The van der Waals surface area contributed by atoms with Gasteiger partial charge in [-0.15, -0.1) is 0 Å². The van der Waals surface area contributed by atoms with E-state index in [-0.39, 0.29) is 12.1 Å². The smallest absolute Gasteiger partial charge is 0.392 e. The van der Waals surface area contributed by atoms with E-state index in [4.69, 9.17) is 16.7 Å². The van der Waals surface area contributed by atoms with E-state index in [0.717, 1.165) is 6.07 Å². The molecule has 0 heterocycles. The molecule has 0 fully saturated rings. The normalized spacial score (nSPS) is 13.2. The summed E-state index contributed by atoms with van der Waals surface area (Å²) in [5, 5.41) is 10.8. The lowest BCUT2D eigenvalue weighted by Gasteiger charge is -2.11. The van der Waals surface area contributed by atoms with Crippen LogP contribution in [0.15, 0.2) is 18.2 Å². The Morgan fingerprint density at radius 3 is 2.61 bits per heavy atom. The summed E-state index contributed by atoms with van der Waals surface area (Å²) in [4.78, 5) is 11.5. The van der Waals surface area contributed by atoms with E-state index in [1.54, 1.807) is 0 Å². The van der Waals surface area contributed by atoms with Gasteiger partial charge in [-0.25, -0.2) is 0 Å². The quantitative estimate of drug-likeness (QED) is 0.894. The number of benzene rings is 1. The van der Waals surface area contributed by atoms with Gasteiger partial charge in [0.05, 0.1) is 16.7 Å². The number of hydrogen-bond donors (Lipinski definition) is 2. The Hall–Kier alpha value is -1.27. The average molecular weight is 282 g/mol. The molecule has 2 N–H and O–H groups in total. The minimum atomic E-state index is -4.61. The van der Waals surface area contributed by atoms with Crippen LogP contribution in [0.2, 0.25) is 5.02 Å². The van der Waals surface area contributed by atoms with E-state index in [1.807, 2.05) is 0 Å². The molecule has 0 aliphatic carbocycles. The van der Waals surface area contributed by atoms with E-state index in [2.05, 4.69) is 5.32 Å². The van der Waals surface area contributed by atoms with Crippen molar-refractivity contribution >= 4 is 17.5 Å². The number of rotatable bonds is 3. The highest BCUT2D eigenvalue weighted by molar-refractivity contribution is 6.31. The van der Waals surface area contributed by atoms with Crippen LogP contribution in [0.1, 0.15) is 22.8 Å².